The molecule has 5 nitrogen and oxygen atoms in total. The highest BCUT2D eigenvalue weighted by atomic mass is 35.5. The molecule has 11 heteroatoms. The molecule has 0 radical (unpaired) electrons. The number of sulfone groups is 1. The summed E-state index contributed by atoms with van der Waals surface area (Å²) in [7, 11) is -3.60. The van der Waals surface area contributed by atoms with Gasteiger partial charge in [0.25, 0.3) is 0 Å². The summed E-state index contributed by atoms with van der Waals surface area (Å²) in [6, 6.07) is 14.0. The predicted octanol–water partition coefficient (Wildman–Crippen LogP) is 6.43. The molecule has 0 aliphatic rings. The Morgan fingerprint density at radius 3 is 2.34 bits per heavy atom. The summed E-state index contributed by atoms with van der Waals surface area (Å²) in [4.78, 5) is 1.85. The smallest absolute Gasteiger partial charge is 0.417 e. The van der Waals surface area contributed by atoms with E-state index in [1.165, 1.54) is 43.3 Å². The lowest BCUT2D eigenvalue weighted by Crippen LogP contribution is -2.26. The lowest BCUT2D eigenvalue weighted by molar-refractivity contribution is -0.137. The monoisotopic (exact) mass is 573 g/mol. The van der Waals surface area contributed by atoms with E-state index in [9.17, 15) is 31.1 Å². The maximum absolute atomic E-state index is 13.4. The van der Waals surface area contributed by atoms with Gasteiger partial charge < -0.3 is 9.84 Å². The van der Waals surface area contributed by atoms with E-state index in [2.05, 4.69) is 0 Å². The highest BCUT2D eigenvalue weighted by Crippen LogP contribution is 2.36. The lowest BCUT2D eigenvalue weighted by atomic mass is 10.1. The zero-order chi connectivity index (χ0) is 28.1. The number of hydrogen-bond acceptors (Lipinski definition) is 5. The fraction of sp³-hybridized carbons (Fsp3) is 0.333. The number of aliphatic hydroxyl groups is 1. The minimum Gasteiger partial charge on any atom is -0.494 e. The topological polar surface area (TPSA) is 66.8 Å². The lowest BCUT2D eigenvalue weighted by Gasteiger charge is -2.24. The molecule has 3 aromatic rings. The van der Waals surface area contributed by atoms with Crippen molar-refractivity contribution < 1.29 is 35.8 Å². The summed E-state index contributed by atoms with van der Waals surface area (Å²) in [6.45, 7) is 2.49. The molecule has 206 valence electrons. The zero-order valence-corrected chi connectivity index (χ0v) is 22.4. The van der Waals surface area contributed by atoms with E-state index in [4.69, 9.17) is 16.3 Å². The van der Waals surface area contributed by atoms with Crippen LogP contribution in [-0.4, -0.2) is 37.8 Å². The third-order valence-corrected chi connectivity index (χ3v) is 7.42. The first-order chi connectivity index (χ1) is 17.8. The maximum atomic E-state index is 13.4. The number of ether oxygens (including phenoxy) is 1. The fourth-order valence-corrected chi connectivity index (χ4v) is 5.26. The SMILES string of the molecule is CC(O)c1ccc(OCCCN(Cc2ccc(F)cc2)Cc2cccc(C(F)(F)F)c2Cl)cc1S(C)(=O)=O. The van der Waals surface area contributed by atoms with Crippen molar-refractivity contribution in [1.29, 1.82) is 0 Å². The zero-order valence-electron chi connectivity index (χ0n) is 20.8. The summed E-state index contributed by atoms with van der Waals surface area (Å²) < 4.78 is 83.3. The van der Waals surface area contributed by atoms with Crippen LogP contribution in [0.1, 0.15) is 41.7 Å². The average molecular weight is 574 g/mol. The minimum atomic E-state index is -4.59. The summed E-state index contributed by atoms with van der Waals surface area (Å²) in [5, 5.41) is 9.50. The largest absolute Gasteiger partial charge is 0.494 e. The van der Waals surface area contributed by atoms with Gasteiger partial charge in [0, 0.05) is 25.9 Å². The summed E-state index contributed by atoms with van der Waals surface area (Å²) in [5.41, 5.74) is 0.422. The van der Waals surface area contributed by atoms with Crippen LogP contribution < -0.4 is 4.74 Å². The highest BCUT2D eigenvalue weighted by molar-refractivity contribution is 7.90. The van der Waals surface area contributed by atoms with Crippen LogP contribution in [-0.2, 0) is 29.1 Å². The van der Waals surface area contributed by atoms with Crippen molar-refractivity contribution >= 4 is 21.4 Å². The van der Waals surface area contributed by atoms with Crippen LogP contribution in [0.2, 0.25) is 5.02 Å². The molecule has 0 aliphatic heterocycles. The number of rotatable bonds is 11. The van der Waals surface area contributed by atoms with Crippen LogP contribution >= 0.6 is 11.6 Å². The van der Waals surface area contributed by atoms with E-state index in [1.54, 1.807) is 18.2 Å². The molecule has 1 unspecified atom stereocenters. The van der Waals surface area contributed by atoms with E-state index in [0.29, 0.717) is 30.8 Å². The Morgan fingerprint density at radius 2 is 1.74 bits per heavy atom. The number of halogens is 5. The molecule has 0 amide bonds. The minimum absolute atomic E-state index is 0.0258. The van der Waals surface area contributed by atoms with Gasteiger partial charge in [-0.1, -0.05) is 41.9 Å². The Bertz CT molecular complexity index is 1350. The highest BCUT2D eigenvalue weighted by Gasteiger charge is 2.34. The van der Waals surface area contributed by atoms with Crippen molar-refractivity contribution in [2.75, 3.05) is 19.4 Å². The van der Waals surface area contributed by atoms with Crippen molar-refractivity contribution in [1.82, 2.24) is 4.90 Å². The number of alkyl halides is 3. The van der Waals surface area contributed by atoms with Gasteiger partial charge in [-0.25, -0.2) is 12.8 Å². The molecular formula is C27H28ClF4NO4S. The van der Waals surface area contributed by atoms with Gasteiger partial charge in [0.15, 0.2) is 9.84 Å². The molecule has 0 aliphatic carbocycles. The molecule has 0 saturated heterocycles. The van der Waals surface area contributed by atoms with Gasteiger partial charge in [0.05, 0.1) is 28.2 Å². The van der Waals surface area contributed by atoms with Gasteiger partial charge in [-0.2, -0.15) is 13.2 Å². The Morgan fingerprint density at radius 1 is 1.05 bits per heavy atom. The van der Waals surface area contributed by atoms with Crippen molar-refractivity contribution in [3.63, 3.8) is 0 Å². The molecule has 38 heavy (non-hydrogen) atoms. The molecule has 3 aromatic carbocycles. The Balaban J connectivity index is 1.73. The second-order valence-corrected chi connectivity index (χ2v) is 11.3. The Labute approximate surface area is 224 Å². The van der Waals surface area contributed by atoms with Gasteiger partial charge in [-0.3, -0.25) is 4.90 Å². The predicted molar refractivity (Wildman–Crippen MR) is 137 cm³/mol. The van der Waals surface area contributed by atoms with E-state index in [0.717, 1.165) is 17.9 Å². The van der Waals surface area contributed by atoms with E-state index >= 15 is 0 Å². The molecule has 1 N–H and O–H groups in total. The molecule has 1 atom stereocenters. The van der Waals surface area contributed by atoms with Crippen LogP contribution in [0.5, 0.6) is 5.75 Å². The standard InChI is InChI=1S/C27H28ClF4NO4S/c1-18(34)23-12-11-22(15-25(23)38(2,35)36)37-14-4-13-33(16-19-7-9-21(29)10-8-19)17-20-5-3-6-24(26(20)28)27(30,31)32/h3,5-12,15,18,34H,4,13-14,16-17H2,1-2H3. The maximum Gasteiger partial charge on any atom is 0.417 e. The van der Waals surface area contributed by atoms with Crippen LogP contribution in [0.25, 0.3) is 0 Å². The molecule has 0 spiro atoms. The number of nitrogens with zero attached hydrogens (tertiary/aromatic N) is 1. The normalized spacial score (nSPS) is 13.1. The van der Waals surface area contributed by atoms with Crippen molar-refractivity contribution in [2.45, 2.75) is 43.6 Å². The molecular weight excluding hydrogens is 546 g/mol. The molecule has 3 rings (SSSR count). The van der Waals surface area contributed by atoms with E-state index in [1.807, 2.05) is 4.90 Å². The second-order valence-electron chi connectivity index (χ2n) is 8.96. The van der Waals surface area contributed by atoms with Gasteiger partial charge in [-0.05, 0) is 60.4 Å². The quantitative estimate of drug-likeness (QED) is 0.212. The van der Waals surface area contributed by atoms with Crippen LogP contribution in [0.3, 0.4) is 0 Å². The van der Waals surface area contributed by atoms with Crippen molar-refractivity contribution in [2.24, 2.45) is 0 Å². The Kier molecular flexibility index (Phi) is 9.80. The third kappa shape index (κ3) is 8.17. The molecule has 0 bridgehead atoms. The first kappa shape index (κ1) is 29.9. The van der Waals surface area contributed by atoms with Crippen molar-refractivity contribution in [3.8, 4) is 5.75 Å². The number of aliphatic hydroxyl groups excluding tert-OH is 1. The molecule has 0 saturated carbocycles. The summed E-state index contributed by atoms with van der Waals surface area (Å²) >= 11 is 6.10. The molecule has 0 heterocycles. The van der Waals surface area contributed by atoms with Gasteiger partial charge in [0.1, 0.15) is 11.6 Å². The second kappa shape index (κ2) is 12.5. The third-order valence-electron chi connectivity index (χ3n) is 5.82. The average Bonchev–Trinajstić information content (AvgIpc) is 2.83. The van der Waals surface area contributed by atoms with Crippen LogP contribution in [0.15, 0.2) is 65.6 Å². The number of hydrogen-bond donors (Lipinski definition) is 1. The Hall–Kier alpha value is -2.66. The van der Waals surface area contributed by atoms with Gasteiger partial charge in [0.2, 0.25) is 0 Å². The first-order valence-corrected chi connectivity index (χ1v) is 14.0. The van der Waals surface area contributed by atoms with Crippen molar-refractivity contribution in [3.05, 3.63) is 93.8 Å². The first-order valence-electron chi connectivity index (χ1n) is 11.7. The van der Waals surface area contributed by atoms with Crippen LogP contribution in [0, 0.1) is 5.82 Å². The van der Waals surface area contributed by atoms with Gasteiger partial charge in [-0.15, -0.1) is 0 Å². The molecule has 0 fully saturated rings. The van der Waals surface area contributed by atoms with Gasteiger partial charge >= 0.3 is 6.18 Å². The molecule has 0 aromatic heterocycles. The summed E-state index contributed by atoms with van der Waals surface area (Å²) in [5.74, 6) is -0.0921. The fourth-order valence-electron chi connectivity index (χ4n) is 3.97. The van der Waals surface area contributed by atoms with E-state index in [-0.39, 0.29) is 28.6 Å². The van der Waals surface area contributed by atoms with Crippen LogP contribution in [0.4, 0.5) is 17.6 Å². The number of benzene rings is 3. The summed E-state index contributed by atoms with van der Waals surface area (Å²) in [6.07, 6.45) is -4.07. The van der Waals surface area contributed by atoms with E-state index < -0.39 is 33.5 Å².